The Kier molecular flexibility index (Phi) is 9.75. The van der Waals surface area contributed by atoms with Crippen molar-refractivity contribution in [3.8, 4) is 0 Å². The number of hydrogen-bond acceptors (Lipinski definition) is 5. The predicted molar refractivity (Wildman–Crippen MR) is 183 cm³/mol. The molecule has 2 aromatic carbocycles. The molecule has 3 fully saturated rings. The quantitative estimate of drug-likeness (QED) is 0.248. The predicted octanol–water partition coefficient (Wildman–Crippen LogP) is 6.65. The lowest BCUT2D eigenvalue weighted by atomic mass is 9.65. The average Bonchev–Trinajstić information content (AvgIpc) is 3.50. The van der Waals surface area contributed by atoms with Gasteiger partial charge in [-0.25, -0.2) is 9.59 Å². The van der Waals surface area contributed by atoms with E-state index < -0.39 is 17.7 Å². The lowest BCUT2D eigenvalue weighted by molar-refractivity contribution is -0.122. The highest BCUT2D eigenvalue weighted by molar-refractivity contribution is 5.89. The molecule has 2 aliphatic carbocycles. The zero-order chi connectivity index (χ0) is 33.1. The molecule has 10 heteroatoms. The number of fused-ring (bicyclic) bond motifs is 5. The Balaban J connectivity index is 0.000000295. The number of benzene rings is 2. The van der Waals surface area contributed by atoms with Gasteiger partial charge in [0, 0.05) is 49.8 Å². The number of likely N-dealkylation sites (N-methyl/N-ethyl adjacent to an activating group) is 1. The lowest BCUT2D eigenvalue weighted by Gasteiger charge is -2.44. The van der Waals surface area contributed by atoms with E-state index >= 15 is 0 Å². The molecular formula is C37H50N6O4. The van der Waals surface area contributed by atoms with Crippen molar-refractivity contribution in [2.75, 3.05) is 25.0 Å². The van der Waals surface area contributed by atoms with Crippen LogP contribution in [0.15, 0.2) is 42.6 Å². The number of piperidine rings is 1. The second-order valence-corrected chi connectivity index (χ2v) is 14.5. The average molecular weight is 643 g/mol. The number of amides is 4. The van der Waals surface area contributed by atoms with Gasteiger partial charge in [-0.05, 0) is 92.9 Å². The highest BCUT2D eigenvalue weighted by Crippen LogP contribution is 2.45. The van der Waals surface area contributed by atoms with E-state index in [1.54, 1.807) is 17.5 Å². The van der Waals surface area contributed by atoms with Crippen LogP contribution < -0.4 is 16.0 Å². The maximum absolute atomic E-state index is 13.2. The van der Waals surface area contributed by atoms with Crippen LogP contribution in [0.1, 0.15) is 82.4 Å². The summed E-state index contributed by atoms with van der Waals surface area (Å²) in [4.78, 5) is 39.9. The van der Waals surface area contributed by atoms with Crippen LogP contribution >= 0.6 is 0 Å². The fourth-order valence-electron chi connectivity index (χ4n) is 8.73. The summed E-state index contributed by atoms with van der Waals surface area (Å²) in [6.45, 7) is 9.98. The number of nitrogens with one attached hydrogen (secondary N) is 4. The molecule has 1 unspecified atom stereocenters. The van der Waals surface area contributed by atoms with Gasteiger partial charge in [-0.15, -0.1) is 0 Å². The Bertz CT molecular complexity index is 1560. The number of rotatable bonds is 5. The number of para-hydroxylation sites is 1. The van der Waals surface area contributed by atoms with Crippen LogP contribution in [0.25, 0.3) is 10.9 Å². The normalized spacial score (nSPS) is 25.0. The smallest absolute Gasteiger partial charge is 0.412 e. The Morgan fingerprint density at radius 2 is 1.72 bits per heavy atom. The van der Waals surface area contributed by atoms with Crippen LogP contribution in [-0.4, -0.2) is 58.8 Å². The number of aryl methyl sites for hydroxylation is 1. The minimum Gasteiger partial charge on any atom is -0.438 e. The molecule has 1 saturated heterocycles. The number of aromatic nitrogens is 2. The second kappa shape index (κ2) is 14.0. The number of urea groups is 1. The molecule has 2 saturated carbocycles. The molecule has 4 N–H and O–H groups in total. The zero-order valence-corrected chi connectivity index (χ0v) is 28.2. The largest absolute Gasteiger partial charge is 0.438 e. The van der Waals surface area contributed by atoms with E-state index in [-0.39, 0.29) is 11.9 Å². The minimum atomic E-state index is -0.758. The van der Waals surface area contributed by atoms with Gasteiger partial charge >= 0.3 is 12.1 Å². The SMILES string of the molecule is CC1CC2CC(C)CC(C1)C2.CCNC(=O)C(Cc1cc(C)c2[nH]ncc2c1)NC(=O)N1CCC2(CC1)OC(=O)Nc1ccccc12. The van der Waals surface area contributed by atoms with Crippen LogP contribution in [-0.2, 0) is 21.6 Å². The minimum absolute atomic E-state index is 0.231. The van der Waals surface area contributed by atoms with Gasteiger partial charge in [-0.3, -0.25) is 15.2 Å². The van der Waals surface area contributed by atoms with Crippen molar-refractivity contribution >= 4 is 34.6 Å². The molecule has 252 valence electrons. The number of anilines is 1. The highest BCUT2D eigenvalue weighted by Gasteiger charge is 2.45. The first-order valence-corrected chi connectivity index (χ1v) is 17.5. The number of likely N-dealkylation sites (tertiary alicyclic amines) is 1. The third-order valence-corrected chi connectivity index (χ3v) is 10.6. The molecule has 4 amide bonds. The van der Waals surface area contributed by atoms with Gasteiger partial charge in [0.2, 0.25) is 5.91 Å². The van der Waals surface area contributed by atoms with Crippen molar-refractivity contribution in [2.24, 2.45) is 23.7 Å². The summed E-state index contributed by atoms with van der Waals surface area (Å²) < 4.78 is 5.76. The molecule has 2 aliphatic heterocycles. The molecule has 0 radical (unpaired) electrons. The molecule has 10 nitrogen and oxygen atoms in total. The molecule has 1 aromatic heterocycles. The first-order valence-electron chi connectivity index (χ1n) is 17.5. The van der Waals surface area contributed by atoms with Gasteiger partial charge in [-0.2, -0.15) is 5.10 Å². The lowest BCUT2D eigenvalue weighted by Crippen LogP contribution is -2.56. The number of carbonyl (C=O) groups excluding carboxylic acids is 3. The van der Waals surface area contributed by atoms with Crippen LogP contribution in [0.3, 0.4) is 0 Å². The topological polar surface area (TPSA) is 128 Å². The van der Waals surface area contributed by atoms with Gasteiger partial charge in [0.1, 0.15) is 11.6 Å². The van der Waals surface area contributed by atoms with Crippen LogP contribution in [0.2, 0.25) is 0 Å². The van der Waals surface area contributed by atoms with E-state index in [1.165, 1.54) is 25.7 Å². The summed E-state index contributed by atoms with van der Waals surface area (Å²) in [5.41, 5.74) is 3.84. The van der Waals surface area contributed by atoms with Crippen molar-refractivity contribution in [2.45, 2.75) is 90.7 Å². The summed E-state index contributed by atoms with van der Waals surface area (Å²) >= 11 is 0. The Labute approximate surface area is 277 Å². The van der Waals surface area contributed by atoms with Crippen LogP contribution in [0.5, 0.6) is 0 Å². The molecule has 1 atom stereocenters. The molecule has 1 spiro atoms. The zero-order valence-electron chi connectivity index (χ0n) is 28.2. The molecule has 47 heavy (non-hydrogen) atoms. The number of carbonyl (C=O) groups is 3. The van der Waals surface area contributed by atoms with Crippen LogP contribution in [0, 0.1) is 30.6 Å². The van der Waals surface area contributed by atoms with Gasteiger partial charge in [-0.1, -0.05) is 38.1 Å². The van der Waals surface area contributed by atoms with Gasteiger partial charge < -0.3 is 20.3 Å². The van der Waals surface area contributed by atoms with Crippen molar-refractivity contribution < 1.29 is 19.1 Å². The van der Waals surface area contributed by atoms with Crippen molar-refractivity contribution in [3.05, 3.63) is 59.3 Å². The highest BCUT2D eigenvalue weighted by atomic mass is 16.6. The summed E-state index contributed by atoms with van der Waals surface area (Å²) in [5.74, 6) is 4.04. The maximum Gasteiger partial charge on any atom is 0.412 e. The van der Waals surface area contributed by atoms with E-state index in [0.29, 0.717) is 38.9 Å². The molecule has 3 aromatic rings. The first kappa shape index (κ1) is 32.8. The van der Waals surface area contributed by atoms with Crippen molar-refractivity contribution in [1.29, 1.82) is 0 Å². The third kappa shape index (κ3) is 7.41. The number of nitrogens with zero attached hydrogens (tertiary/aromatic N) is 2. The fourth-order valence-corrected chi connectivity index (χ4v) is 8.73. The molecule has 4 aliphatic rings. The first-order chi connectivity index (χ1) is 22.6. The number of ether oxygens (including phenoxy) is 1. The maximum atomic E-state index is 13.2. The van der Waals surface area contributed by atoms with E-state index in [0.717, 1.165) is 57.0 Å². The standard InChI is InChI=1S/C26H30N6O4.C11H20/c1-3-27-23(33)21(14-17-12-16(2)22-18(13-17)15-28-31-22)29-24(34)32-10-8-26(9-11-32)19-6-4-5-7-20(19)30-25(35)36-26;1-8-3-10-5-9(2)6-11(4-8)7-10/h4-7,12-13,15,21H,3,8-11,14H2,1-2H3,(H,27,33)(H,28,31)(H,29,34)(H,30,35);8-11H,3-7H2,1-2H3. The van der Waals surface area contributed by atoms with E-state index in [2.05, 4.69) is 40.0 Å². The number of hydrogen-bond donors (Lipinski definition) is 4. The third-order valence-electron chi connectivity index (χ3n) is 10.6. The molecule has 3 heterocycles. The summed E-state index contributed by atoms with van der Waals surface area (Å²) in [7, 11) is 0. The summed E-state index contributed by atoms with van der Waals surface area (Å²) in [6.07, 6.45) is 10.3. The van der Waals surface area contributed by atoms with E-state index in [9.17, 15) is 14.4 Å². The van der Waals surface area contributed by atoms with Gasteiger partial charge in [0.05, 0.1) is 17.4 Å². The Morgan fingerprint density at radius 1 is 1.04 bits per heavy atom. The second-order valence-electron chi connectivity index (χ2n) is 14.5. The van der Waals surface area contributed by atoms with Crippen molar-refractivity contribution in [3.63, 3.8) is 0 Å². The van der Waals surface area contributed by atoms with Gasteiger partial charge in [0.25, 0.3) is 0 Å². The van der Waals surface area contributed by atoms with E-state index in [1.807, 2.05) is 50.2 Å². The molecular weight excluding hydrogens is 592 g/mol. The Hall–Kier alpha value is -4.08. The summed E-state index contributed by atoms with van der Waals surface area (Å²) in [5, 5.41) is 16.5. The fraction of sp³-hybridized carbons (Fsp3) is 0.568. The monoisotopic (exact) mass is 642 g/mol. The number of H-pyrrole nitrogens is 1. The number of aromatic amines is 1. The summed E-state index contributed by atoms with van der Waals surface area (Å²) in [6, 6.07) is 10.5. The molecule has 2 bridgehead atoms. The van der Waals surface area contributed by atoms with Gasteiger partial charge in [0.15, 0.2) is 0 Å². The molecule has 7 rings (SSSR count). The Morgan fingerprint density at radius 3 is 2.40 bits per heavy atom. The van der Waals surface area contributed by atoms with Crippen molar-refractivity contribution in [1.82, 2.24) is 25.7 Å². The van der Waals surface area contributed by atoms with Crippen LogP contribution in [0.4, 0.5) is 15.3 Å². The van der Waals surface area contributed by atoms with E-state index in [4.69, 9.17) is 4.74 Å².